The summed E-state index contributed by atoms with van der Waals surface area (Å²) in [5.74, 6) is -6.01. The highest BCUT2D eigenvalue weighted by Gasteiger charge is 2.64. The van der Waals surface area contributed by atoms with Crippen LogP contribution in [-0.2, 0) is 15.1 Å². The molecule has 0 unspecified atom stereocenters. The van der Waals surface area contributed by atoms with Crippen LogP contribution in [0.1, 0.15) is 52.1 Å². The van der Waals surface area contributed by atoms with Crippen LogP contribution in [0.3, 0.4) is 0 Å². The maximum atomic E-state index is 14.7. The molecule has 1 saturated heterocycles. The summed E-state index contributed by atoms with van der Waals surface area (Å²) in [7, 11) is 0.673. The molecule has 0 N–H and O–H groups in total. The Morgan fingerprint density at radius 2 is 1.51 bits per heavy atom. The maximum absolute atomic E-state index is 14.7. The zero-order chi connectivity index (χ0) is 33.5. The molecular formula is C33H27F5N4O5. The maximum Gasteiger partial charge on any atom is 0.432 e. The molecule has 0 radical (unpaired) electrons. The first kappa shape index (κ1) is 32.0. The van der Waals surface area contributed by atoms with Crippen molar-refractivity contribution in [1.29, 1.82) is 0 Å². The third-order valence-electron chi connectivity index (χ3n) is 8.36. The first-order chi connectivity index (χ1) is 22.5. The highest BCUT2D eigenvalue weighted by atomic mass is 19.4. The van der Waals surface area contributed by atoms with Crippen LogP contribution in [-0.4, -0.2) is 58.1 Å². The van der Waals surface area contributed by atoms with E-state index >= 15 is 0 Å². The average molecular weight is 655 g/mol. The van der Waals surface area contributed by atoms with Crippen LogP contribution in [0.4, 0.5) is 22.0 Å². The zero-order valence-electron chi connectivity index (χ0n) is 24.8. The van der Waals surface area contributed by atoms with Crippen molar-refractivity contribution in [2.24, 2.45) is 0 Å². The number of hydrogen-bond donors (Lipinski definition) is 0. The summed E-state index contributed by atoms with van der Waals surface area (Å²) >= 11 is 0. The fraction of sp³-hybridized carbons (Fsp3) is 0.273. The second-order valence-electron chi connectivity index (χ2n) is 11.1. The van der Waals surface area contributed by atoms with Crippen molar-refractivity contribution in [2.45, 2.75) is 36.7 Å². The molecule has 0 saturated carbocycles. The van der Waals surface area contributed by atoms with Crippen molar-refractivity contribution in [2.75, 3.05) is 20.2 Å². The van der Waals surface area contributed by atoms with Gasteiger partial charge in [-0.1, -0.05) is 54.6 Å². The molecule has 0 aliphatic carbocycles. The van der Waals surface area contributed by atoms with Crippen LogP contribution in [0.25, 0.3) is 0 Å². The number of nitrogens with zero attached hydrogens (tertiary/aromatic N) is 4. The molecule has 244 valence electrons. The van der Waals surface area contributed by atoms with Gasteiger partial charge >= 0.3 is 12.1 Å². The van der Waals surface area contributed by atoms with Gasteiger partial charge in [0.1, 0.15) is 17.8 Å². The number of aromatic nitrogens is 2. The second-order valence-corrected chi connectivity index (χ2v) is 11.1. The highest BCUT2D eigenvalue weighted by molar-refractivity contribution is 5.97. The average Bonchev–Trinajstić information content (AvgIpc) is 3.04. The molecule has 6 rings (SSSR count). The summed E-state index contributed by atoms with van der Waals surface area (Å²) in [6.45, 7) is 0.425. The number of carbonyl (C=O) groups is 2. The van der Waals surface area contributed by atoms with Crippen LogP contribution in [0, 0.1) is 11.6 Å². The topological polar surface area (TPSA) is 94.0 Å². The minimum atomic E-state index is -5.36. The van der Waals surface area contributed by atoms with Gasteiger partial charge in [0.15, 0.2) is 5.69 Å². The molecule has 14 heteroatoms. The molecule has 3 aromatic carbocycles. The fourth-order valence-corrected chi connectivity index (χ4v) is 6.27. The minimum Gasteiger partial charge on any atom is -0.417 e. The van der Waals surface area contributed by atoms with Crippen molar-refractivity contribution in [1.82, 2.24) is 19.8 Å². The predicted octanol–water partition coefficient (Wildman–Crippen LogP) is 5.33. The number of methoxy groups -OCH3 is 1. The van der Waals surface area contributed by atoms with Crippen LogP contribution in [0.2, 0.25) is 0 Å². The normalized spacial score (nSPS) is 18.0. The number of alkyl halides is 3. The Hall–Kier alpha value is -4.95. The molecule has 0 bridgehead atoms. The Kier molecular flexibility index (Phi) is 8.40. The zero-order valence-corrected chi connectivity index (χ0v) is 24.8. The highest BCUT2D eigenvalue weighted by Crippen LogP contribution is 2.45. The Labute approximate surface area is 264 Å². The first-order valence-electron chi connectivity index (χ1n) is 14.6. The molecule has 1 aromatic heterocycles. The third kappa shape index (κ3) is 5.46. The van der Waals surface area contributed by atoms with Gasteiger partial charge in [-0.15, -0.1) is 0 Å². The van der Waals surface area contributed by atoms with E-state index in [0.29, 0.717) is 37.3 Å². The van der Waals surface area contributed by atoms with Gasteiger partial charge in [-0.05, 0) is 48.2 Å². The molecule has 3 heterocycles. The molecule has 9 nitrogen and oxygen atoms in total. The first-order valence-corrected chi connectivity index (χ1v) is 14.6. The Bertz CT molecular complexity index is 1840. The number of hydrazine groups is 1. The molecule has 47 heavy (non-hydrogen) atoms. The number of carbonyl (C=O) groups excluding carboxylic acids is 2. The van der Waals surface area contributed by atoms with Gasteiger partial charge in [0, 0.05) is 31.7 Å². The number of ether oxygens (including phenoxy) is 2. The Balaban J connectivity index is 1.57. The van der Waals surface area contributed by atoms with Crippen LogP contribution in [0.5, 0.6) is 5.75 Å². The molecule has 1 amide bonds. The smallest absolute Gasteiger partial charge is 0.417 e. The lowest BCUT2D eigenvalue weighted by Crippen LogP contribution is -2.60. The van der Waals surface area contributed by atoms with E-state index in [2.05, 4.69) is 5.10 Å². The van der Waals surface area contributed by atoms with E-state index in [0.717, 1.165) is 16.8 Å². The summed E-state index contributed by atoms with van der Waals surface area (Å²) in [6.07, 6.45) is -4.58. The molecule has 0 spiro atoms. The molecule has 2 aliphatic rings. The number of fused-ring (bicyclic) bond motifs is 2. The summed E-state index contributed by atoms with van der Waals surface area (Å²) < 4.78 is 84.5. The lowest BCUT2D eigenvalue weighted by atomic mass is 9.87. The second kappa shape index (κ2) is 12.3. The van der Waals surface area contributed by atoms with Crippen LogP contribution >= 0.6 is 0 Å². The van der Waals surface area contributed by atoms with Gasteiger partial charge in [-0.25, -0.2) is 18.3 Å². The van der Waals surface area contributed by atoms with Gasteiger partial charge in [0.25, 0.3) is 11.5 Å². The van der Waals surface area contributed by atoms with Crippen LogP contribution < -0.4 is 10.2 Å². The predicted molar refractivity (Wildman–Crippen MR) is 156 cm³/mol. The molecule has 1 fully saturated rings. The summed E-state index contributed by atoms with van der Waals surface area (Å²) in [4.78, 5) is 41.0. The number of rotatable bonds is 7. The Morgan fingerprint density at radius 1 is 0.894 bits per heavy atom. The number of amides is 1. The minimum absolute atomic E-state index is 0.138. The number of benzene rings is 3. The van der Waals surface area contributed by atoms with Gasteiger partial charge in [0.2, 0.25) is 11.2 Å². The van der Waals surface area contributed by atoms with Crippen molar-refractivity contribution >= 4 is 11.9 Å². The third-order valence-corrected chi connectivity index (χ3v) is 8.36. The number of halogens is 5. The SMILES string of the molecule is CO[C@](C(=O)Oc1c2n(ncc1=O)[C@H](C(c1cccc(F)c1)c1cccc(F)c1)N1CCCCN1C2=O)(c1ccccc1)C(F)(F)F. The number of esters is 1. The van der Waals surface area contributed by atoms with Gasteiger partial charge in [-0.2, -0.15) is 23.3 Å². The standard InChI is InChI=1S/C33H27F5N4O5/c1-46-32(33(36,37)38,22-11-3-2-4-12-22)31(45)47-28-25(43)19-39-42-27(28)30(44)41-16-6-5-15-40(41)29(42)26(20-9-7-13-23(34)17-20)21-10-8-14-24(35)18-21/h2-4,7-14,17-19,26,29H,5-6,15-16H2,1H3/t29-,32+/m1/s1. The lowest BCUT2D eigenvalue weighted by Gasteiger charge is -2.49. The van der Waals surface area contributed by atoms with E-state index in [1.807, 2.05) is 0 Å². The van der Waals surface area contributed by atoms with Crippen molar-refractivity contribution in [3.8, 4) is 5.75 Å². The van der Waals surface area contributed by atoms with Crippen molar-refractivity contribution in [3.05, 3.63) is 129 Å². The van der Waals surface area contributed by atoms with E-state index in [1.165, 1.54) is 59.6 Å². The summed E-state index contributed by atoms with van der Waals surface area (Å²) in [5, 5.41) is 7.13. The largest absolute Gasteiger partial charge is 0.432 e. The van der Waals surface area contributed by atoms with E-state index in [9.17, 15) is 36.3 Å². The van der Waals surface area contributed by atoms with Crippen molar-refractivity contribution < 1.29 is 41.0 Å². The van der Waals surface area contributed by atoms with Gasteiger partial charge in [0.05, 0.1) is 6.20 Å². The van der Waals surface area contributed by atoms with Crippen LogP contribution in [0.15, 0.2) is 89.9 Å². The van der Waals surface area contributed by atoms with Gasteiger partial charge in [-0.3, -0.25) is 14.6 Å². The lowest BCUT2D eigenvalue weighted by molar-refractivity contribution is -0.272. The van der Waals surface area contributed by atoms with E-state index in [1.54, 1.807) is 17.1 Å². The monoisotopic (exact) mass is 654 g/mol. The Morgan fingerprint density at radius 3 is 2.09 bits per heavy atom. The summed E-state index contributed by atoms with van der Waals surface area (Å²) in [5.41, 5.74) is -5.33. The molecule has 4 aromatic rings. The van der Waals surface area contributed by atoms with E-state index in [-0.39, 0.29) is 13.1 Å². The molecular weight excluding hydrogens is 627 g/mol. The summed E-state index contributed by atoms with van der Waals surface area (Å²) in [6, 6.07) is 17.0. The molecule has 2 atom stereocenters. The van der Waals surface area contributed by atoms with E-state index in [4.69, 9.17) is 9.47 Å². The quantitative estimate of drug-likeness (QED) is 0.197. The van der Waals surface area contributed by atoms with Gasteiger partial charge < -0.3 is 9.47 Å². The van der Waals surface area contributed by atoms with E-state index < -0.39 is 69.8 Å². The fourth-order valence-electron chi connectivity index (χ4n) is 6.27. The van der Waals surface area contributed by atoms with Crippen molar-refractivity contribution in [3.63, 3.8) is 0 Å². The number of hydrogen-bond acceptors (Lipinski definition) is 7. The molecule has 2 aliphatic heterocycles.